The normalized spacial score (nSPS) is 21.6. The van der Waals surface area contributed by atoms with E-state index in [1.165, 1.54) is 0 Å². The molecule has 1 saturated carbocycles. The summed E-state index contributed by atoms with van der Waals surface area (Å²) in [6.07, 6.45) is 3.77. The van der Waals surface area contributed by atoms with Gasteiger partial charge < -0.3 is 10.1 Å². The van der Waals surface area contributed by atoms with E-state index in [-0.39, 0.29) is 18.0 Å². The van der Waals surface area contributed by atoms with E-state index in [1.807, 2.05) is 0 Å². The molecule has 0 aliphatic heterocycles. The van der Waals surface area contributed by atoms with Gasteiger partial charge in [0.15, 0.2) is 0 Å². The van der Waals surface area contributed by atoms with Crippen LogP contribution >= 0.6 is 0 Å². The molecule has 1 aliphatic rings. The van der Waals surface area contributed by atoms with E-state index in [1.54, 1.807) is 31.4 Å². The van der Waals surface area contributed by atoms with Gasteiger partial charge in [0.2, 0.25) is 0 Å². The number of nitrogens with one attached hydrogen (secondary N) is 1. The first kappa shape index (κ1) is 14.2. The van der Waals surface area contributed by atoms with Crippen molar-refractivity contribution in [3.63, 3.8) is 0 Å². The molecule has 2 rings (SSSR count). The highest BCUT2D eigenvalue weighted by Gasteiger charge is 2.25. The van der Waals surface area contributed by atoms with Crippen molar-refractivity contribution in [2.24, 2.45) is 5.11 Å². The standard InChI is InChI=1S/C14H18N4O2/c1-20-11-8-6-10(7-9-11)14(19)16-12-4-2-3-5-13(12)17-18-15/h6-9,12-13H,2-5H2,1H3,(H,16,19)/t12-,13-/m1/s1. The zero-order valence-corrected chi connectivity index (χ0v) is 11.5. The average Bonchev–Trinajstić information content (AvgIpc) is 2.49. The second-order valence-corrected chi connectivity index (χ2v) is 4.87. The molecule has 1 aromatic carbocycles. The summed E-state index contributed by atoms with van der Waals surface area (Å²) in [6, 6.07) is 6.73. The number of amides is 1. The van der Waals surface area contributed by atoms with Crippen molar-refractivity contribution < 1.29 is 9.53 Å². The van der Waals surface area contributed by atoms with E-state index >= 15 is 0 Å². The van der Waals surface area contributed by atoms with Gasteiger partial charge in [-0.15, -0.1) is 0 Å². The van der Waals surface area contributed by atoms with E-state index in [2.05, 4.69) is 15.3 Å². The lowest BCUT2D eigenvalue weighted by molar-refractivity contribution is 0.0921. The summed E-state index contributed by atoms with van der Waals surface area (Å²) in [5.41, 5.74) is 9.16. The van der Waals surface area contributed by atoms with Crippen molar-refractivity contribution in [2.75, 3.05) is 7.11 Å². The van der Waals surface area contributed by atoms with E-state index in [0.29, 0.717) is 11.3 Å². The Morgan fingerprint density at radius 2 is 2.05 bits per heavy atom. The highest BCUT2D eigenvalue weighted by atomic mass is 16.5. The summed E-state index contributed by atoms with van der Waals surface area (Å²) in [6.45, 7) is 0. The van der Waals surface area contributed by atoms with Gasteiger partial charge in [-0.05, 0) is 42.6 Å². The Bertz CT molecular complexity index is 508. The lowest BCUT2D eigenvalue weighted by Gasteiger charge is -2.28. The van der Waals surface area contributed by atoms with Crippen molar-refractivity contribution in [3.8, 4) is 5.75 Å². The van der Waals surface area contributed by atoms with Crippen LogP contribution in [0.4, 0.5) is 0 Å². The minimum Gasteiger partial charge on any atom is -0.497 e. The molecule has 1 fully saturated rings. The zero-order chi connectivity index (χ0) is 14.4. The minimum absolute atomic E-state index is 0.0748. The lowest BCUT2D eigenvalue weighted by Crippen LogP contribution is -2.44. The molecular weight excluding hydrogens is 256 g/mol. The fraction of sp³-hybridized carbons (Fsp3) is 0.500. The van der Waals surface area contributed by atoms with Crippen LogP contribution in [0.1, 0.15) is 36.0 Å². The molecule has 20 heavy (non-hydrogen) atoms. The Morgan fingerprint density at radius 3 is 2.70 bits per heavy atom. The summed E-state index contributed by atoms with van der Waals surface area (Å²) >= 11 is 0. The van der Waals surface area contributed by atoms with Gasteiger partial charge in [0.25, 0.3) is 5.91 Å². The average molecular weight is 274 g/mol. The van der Waals surface area contributed by atoms with Crippen molar-refractivity contribution in [1.82, 2.24) is 5.32 Å². The monoisotopic (exact) mass is 274 g/mol. The zero-order valence-electron chi connectivity index (χ0n) is 11.5. The molecule has 0 radical (unpaired) electrons. The molecule has 0 bridgehead atoms. The Balaban J connectivity index is 2.03. The van der Waals surface area contributed by atoms with Crippen molar-refractivity contribution in [2.45, 2.75) is 37.8 Å². The molecule has 6 heteroatoms. The highest BCUT2D eigenvalue weighted by molar-refractivity contribution is 5.94. The number of carbonyl (C=O) groups excluding carboxylic acids is 1. The van der Waals surface area contributed by atoms with Crippen LogP contribution in [0.15, 0.2) is 29.4 Å². The van der Waals surface area contributed by atoms with Crippen LogP contribution in [0.25, 0.3) is 10.4 Å². The quantitative estimate of drug-likeness (QED) is 0.519. The van der Waals surface area contributed by atoms with Crippen LogP contribution in [0.2, 0.25) is 0 Å². The van der Waals surface area contributed by atoms with E-state index in [9.17, 15) is 4.79 Å². The molecule has 2 atom stereocenters. The maximum Gasteiger partial charge on any atom is 0.251 e. The second kappa shape index (κ2) is 6.82. The predicted molar refractivity (Wildman–Crippen MR) is 75.7 cm³/mol. The minimum atomic E-state index is -0.143. The lowest BCUT2D eigenvalue weighted by atomic mass is 9.90. The number of hydrogen-bond acceptors (Lipinski definition) is 3. The maximum absolute atomic E-state index is 12.2. The topological polar surface area (TPSA) is 87.1 Å². The molecule has 0 aromatic heterocycles. The summed E-state index contributed by atoms with van der Waals surface area (Å²) in [4.78, 5) is 15.0. The third-order valence-corrected chi connectivity index (χ3v) is 3.60. The SMILES string of the molecule is COc1ccc(C(=O)N[C@@H]2CCCC[C@H]2N=[N+]=[N-])cc1. The number of hydrogen-bond donors (Lipinski definition) is 1. The van der Waals surface area contributed by atoms with Crippen molar-refractivity contribution in [3.05, 3.63) is 40.3 Å². The van der Waals surface area contributed by atoms with Crippen LogP contribution in [-0.2, 0) is 0 Å². The maximum atomic E-state index is 12.2. The summed E-state index contributed by atoms with van der Waals surface area (Å²) in [7, 11) is 1.58. The first-order chi connectivity index (χ1) is 9.74. The third kappa shape index (κ3) is 3.42. The molecule has 6 nitrogen and oxygen atoms in total. The number of methoxy groups -OCH3 is 1. The smallest absolute Gasteiger partial charge is 0.251 e. The molecule has 0 saturated heterocycles. The predicted octanol–water partition coefficient (Wildman–Crippen LogP) is 3.05. The number of benzene rings is 1. The van der Waals surface area contributed by atoms with Gasteiger partial charge in [0.05, 0.1) is 13.2 Å². The van der Waals surface area contributed by atoms with Gasteiger partial charge in [0.1, 0.15) is 5.75 Å². The van der Waals surface area contributed by atoms with Crippen LogP contribution in [0.3, 0.4) is 0 Å². The van der Waals surface area contributed by atoms with E-state index < -0.39 is 0 Å². The Labute approximate surface area is 117 Å². The Kier molecular flexibility index (Phi) is 4.85. The molecule has 106 valence electrons. The first-order valence-electron chi connectivity index (χ1n) is 6.73. The van der Waals surface area contributed by atoms with Gasteiger partial charge in [-0.3, -0.25) is 4.79 Å². The summed E-state index contributed by atoms with van der Waals surface area (Å²) < 4.78 is 5.06. The van der Waals surface area contributed by atoms with Gasteiger partial charge in [-0.25, -0.2) is 0 Å². The number of rotatable bonds is 4. The fourth-order valence-corrected chi connectivity index (χ4v) is 2.48. The molecule has 0 unspecified atom stereocenters. The molecule has 1 N–H and O–H groups in total. The number of azide groups is 1. The van der Waals surface area contributed by atoms with Gasteiger partial charge in [-0.1, -0.05) is 18.0 Å². The molecule has 1 amide bonds. The number of carbonyl (C=O) groups is 1. The van der Waals surface area contributed by atoms with Gasteiger partial charge in [0, 0.05) is 16.5 Å². The first-order valence-corrected chi connectivity index (χ1v) is 6.73. The van der Waals surface area contributed by atoms with Gasteiger partial charge in [-0.2, -0.15) is 0 Å². The van der Waals surface area contributed by atoms with Crippen LogP contribution < -0.4 is 10.1 Å². The van der Waals surface area contributed by atoms with Crippen LogP contribution in [-0.4, -0.2) is 25.1 Å². The second-order valence-electron chi connectivity index (χ2n) is 4.87. The van der Waals surface area contributed by atoms with E-state index in [0.717, 1.165) is 25.7 Å². The molecule has 0 spiro atoms. The molecular formula is C14H18N4O2. The van der Waals surface area contributed by atoms with Crippen molar-refractivity contribution >= 4 is 5.91 Å². The van der Waals surface area contributed by atoms with Gasteiger partial charge >= 0.3 is 0 Å². The molecule has 1 aliphatic carbocycles. The number of nitrogens with zero attached hydrogens (tertiary/aromatic N) is 3. The fourth-order valence-electron chi connectivity index (χ4n) is 2.48. The Morgan fingerprint density at radius 1 is 1.35 bits per heavy atom. The van der Waals surface area contributed by atoms with Crippen molar-refractivity contribution in [1.29, 1.82) is 0 Å². The Hall–Kier alpha value is -2.20. The third-order valence-electron chi connectivity index (χ3n) is 3.60. The van der Waals surface area contributed by atoms with Crippen LogP contribution in [0, 0.1) is 0 Å². The number of ether oxygens (including phenoxy) is 1. The molecule has 1 aromatic rings. The largest absolute Gasteiger partial charge is 0.497 e. The van der Waals surface area contributed by atoms with Crippen LogP contribution in [0.5, 0.6) is 5.75 Å². The summed E-state index contributed by atoms with van der Waals surface area (Å²) in [5.74, 6) is 0.573. The molecule has 0 heterocycles. The highest BCUT2D eigenvalue weighted by Crippen LogP contribution is 2.22. The summed E-state index contributed by atoms with van der Waals surface area (Å²) in [5, 5.41) is 6.75. The van der Waals surface area contributed by atoms with E-state index in [4.69, 9.17) is 10.3 Å².